The van der Waals surface area contributed by atoms with E-state index in [2.05, 4.69) is 23.5 Å². The van der Waals surface area contributed by atoms with Crippen LogP contribution in [0.2, 0.25) is 0 Å². The van der Waals surface area contributed by atoms with Gasteiger partial charge in [-0.25, -0.2) is 0 Å². The molecule has 1 aliphatic carbocycles. The van der Waals surface area contributed by atoms with Crippen LogP contribution in [-0.2, 0) is 9.47 Å². The van der Waals surface area contributed by atoms with E-state index in [4.69, 9.17) is 9.47 Å². The van der Waals surface area contributed by atoms with Crippen molar-refractivity contribution in [1.82, 2.24) is 0 Å². The minimum absolute atomic E-state index is 0.680. The van der Waals surface area contributed by atoms with E-state index < -0.39 is 0 Å². The van der Waals surface area contributed by atoms with Crippen LogP contribution in [0.3, 0.4) is 0 Å². The van der Waals surface area contributed by atoms with Crippen LogP contribution in [0.5, 0.6) is 0 Å². The predicted octanol–water partition coefficient (Wildman–Crippen LogP) is 6.94. The molecule has 0 amide bonds. The largest absolute Gasteiger partial charge is 0.480 e. The van der Waals surface area contributed by atoms with Gasteiger partial charge in [-0.05, 0) is 36.4 Å². The molecule has 0 radical (unpaired) electrons. The Labute approximate surface area is 168 Å². The van der Waals surface area contributed by atoms with Crippen LogP contribution in [0.1, 0.15) is 38.5 Å². The van der Waals surface area contributed by atoms with Crippen LogP contribution >= 0.6 is 70.6 Å². The summed E-state index contributed by atoms with van der Waals surface area (Å²) in [4.78, 5) is 0. The maximum Gasteiger partial charge on any atom is 0.208 e. The van der Waals surface area contributed by atoms with E-state index in [1.54, 1.807) is 32.0 Å². The maximum atomic E-state index is 5.74. The Bertz CT molecular complexity index is 590. The Morgan fingerprint density at radius 3 is 1.62 bits per heavy atom. The van der Waals surface area contributed by atoms with Gasteiger partial charge in [0.1, 0.15) is 13.2 Å². The third kappa shape index (κ3) is 3.40. The summed E-state index contributed by atoms with van der Waals surface area (Å²) in [7, 11) is 0. The van der Waals surface area contributed by atoms with Gasteiger partial charge in [0.05, 0.1) is 16.9 Å². The first-order valence-corrected chi connectivity index (χ1v) is 13.4. The first-order chi connectivity index (χ1) is 11.9. The van der Waals surface area contributed by atoms with Gasteiger partial charge in [0.15, 0.2) is 0 Å². The highest BCUT2D eigenvalue weighted by atomic mass is 32.3. The van der Waals surface area contributed by atoms with Crippen molar-refractivity contribution in [3.63, 3.8) is 0 Å². The second kappa shape index (κ2) is 7.50. The van der Waals surface area contributed by atoms with Gasteiger partial charge in [0.2, 0.25) is 10.2 Å². The normalized spacial score (nSPS) is 33.3. The van der Waals surface area contributed by atoms with Crippen LogP contribution < -0.4 is 0 Å². The van der Waals surface area contributed by atoms with E-state index in [0.29, 0.717) is 13.2 Å². The SMILES string of the molecule is C1CCC[C@H]2SC3=C(SC(=C4SC5=C(OCCO5)S4)S3)S[C@H]2CC1. The summed E-state index contributed by atoms with van der Waals surface area (Å²) in [6, 6.07) is 0. The second-order valence-electron chi connectivity index (χ2n) is 6.13. The highest BCUT2D eigenvalue weighted by Gasteiger charge is 2.39. The zero-order chi connectivity index (χ0) is 15.9. The van der Waals surface area contributed by atoms with Gasteiger partial charge >= 0.3 is 0 Å². The molecule has 1 fully saturated rings. The highest BCUT2D eigenvalue weighted by Crippen LogP contribution is 2.67. The lowest BCUT2D eigenvalue weighted by Crippen LogP contribution is -2.23. The summed E-state index contributed by atoms with van der Waals surface area (Å²) < 4.78 is 17.4. The van der Waals surface area contributed by atoms with Gasteiger partial charge in [0.25, 0.3) is 0 Å². The van der Waals surface area contributed by atoms with Gasteiger partial charge in [0, 0.05) is 10.5 Å². The van der Waals surface area contributed by atoms with Gasteiger partial charge in [-0.1, -0.05) is 49.2 Å². The lowest BCUT2D eigenvalue weighted by atomic mass is 10.00. The van der Waals surface area contributed by atoms with Crippen molar-refractivity contribution in [2.75, 3.05) is 13.2 Å². The summed E-state index contributed by atoms with van der Waals surface area (Å²) >= 11 is 11.8. The standard InChI is InChI=1S/C16H18O2S6/c1-2-4-6-10-9(5-3-1)19-13-14(20-10)24-16(23-13)15-21-11-12(22-15)18-8-7-17-11/h9-10H,1-8H2/t9-,10+. The number of hydrogen-bond donors (Lipinski definition) is 0. The molecule has 5 aliphatic rings. The van der Waals surface area contributed by atoms with E-state index in [-0.39, 0.29) is 0 Å². The van der Waals surface area contributed by atoms with Crippen molar-refractivity contribution in [2.24, 2.45) is 0 Å². The van der Waals surface area contributed by atoms with Crippen LogP contribution in [0.25, 0.3) is 0 Å². The van der Waals surface area contributed by atoms with E-state index in [9.17, 15) is 0 Å². The molecule has 0 saturated heterocycles. The fraction of sp³-hybridized carbons (Fsp3) is 0.625. The zero-order valence-corrected chi connectivity index (χ0v) is 18.0. The maximum absolute atomic E-state index is 5.74. The first kappa shape index (κ1) is 17.0. The molecular formula is C16H18O2S6. The Kier molecular flexibility index (Phi) is 5.33. The van der Waals surface area contributed by atoms with Crippen molar-refractivity contribution in [2.45, 2.75) is 49.0 Å². The van der Waals surface area contributed by atoms with Crippen LogP contribution in [-0.4, -0.2) is 23.7 Å². The molecule has 1 saturated carbocycles. The topological polar surface area (TPSA) is 18.5 Å². The quantitative estimate of drug-likeness (QED) is 0.403. The molecule has 24 heavy (non-hydrogen) atoms. The van der Waals surface area contributed by atoms with E-state index >= 15 is 0 Å². The Balaban J connectivity index is 1.31. The molecule has 0 spiro atoms. The summed E-state index contributed by atoms with van der Waals surface area (Å²) in [5.41, 5.74) is 0. The van der Waals surface area contributed by atoms with Crippen LogP contribution in [0.4, 0.5) is 0 Å². The molecule has 0 unspecified atom stereocenters. The molecule has 0 aromatic heterocycles. The molecule has 130 valence electrons. The van der Waals surface area contributed by atoms with E-state index in [1.165, 1.54) is 47.0 Å². The van der Waals surface area contributed by atoms with Crippen molar-refractivity contribution < 1.29 is 9.47 Å². The van der Waals surface area contributed by atoms with Gasteiger partial charge in [-0.2, -0.15) is 0 Å². The number of rotatable bonds is 0. The molecule has 2 atom stereocenters. The van der Waals surface area contributed by atoms with Crippen molar-refractivity contribution >= 4 is 70.6 Å². The van der Waals surface area contributed by atoms with Crippen molar-refractivity contribution in [3.8, 4) is 0 Å². The monoisotopic (exact) mass is 434 g/mol. The Morgan fingerprint density at radius 2 is 1.08 bits per heavy atom. The van der Waals surface area contributed by atoms with Crippen LogP contribution in [0.15, 0.2) is 27.1 Å². The molecule has 5 rings (SSSR count). The number of fused-ring (bicyclic) bond motifs is 1. The highest BCUT2D eigenvalue weighted by molar-refractivity contribution is 8.43. The average Bonchev–Trinajstić information content (AvgIpc) is 3.17. The zero-order valence-electron chi connectivity index (χ0n) is 13.1. The first-order valence-electron chi connectivity index (χ1n) is 8.40. The molecule has 0 bridgehead atoms. The molecule has 2 nitrogen and oxygen atoms in total. The smallest absolute Gasteiger partial charge is 0.208 e. The summed E-state index contributed by atoms with van der Waals surface area (Å²) in [5, 5.41) is 3.60. The molecule has 8 heteroatoms. The van der Waals surface area contributed by atoms with Crippen molar-refractivity contribution in [3.05, 3.63) is 27.1 Å². The van der Waals surface area contributed by atoms with Gasteiger partial charge in [-0.3, -0.25) is 0 Å². The third-order valence-electron chi connectivity index (χ3n) is 4.45. The molecule has 0 N–H and O–H groups in total. The fourth-order valence-corrected chi connectivity index (χ4v) is 12.8. The third-order valence-corrected chi connectivity index (χ3v) is 13.7. The minimum atomic E-state index is 0.680. The average molecular weight is 435 g/mol. The van der Waals surface area contributed by atoms with E-state index in [0.717, 1.165) is 20.7 Å². The van der Waals surface area contributed by atoms with E-state index in [1.807, 2.05) is 23.5 Å². The summed E-state index contributed by atoms with van der Waals surface area (Å²) in [6.07, 6.45) is 8.50. The lowest BCUT2D eigenvalue weighted by molar-refractivity contribution is 0.0949. The molecule has 0 aromatic carbocycles. The molecular weight excluding hydrogens is 417 g/mol. The summed E-state index contributed by atoms with van der Waals surface area (Å²) in [5.74, 6) is 0. The minimum Gasteiger partial charge on any atom is -0.480 e. The number of hydrogen-bond acceptors (Lipinski definition) is 8. The summed E-state index contributed by atoms with van der Waals surface area (Å²) in [6.45, 7) is 1.36. The molecule has 4 heterocycles. The predicted molar refractivity (Wildman–Crippen MR) is 114 cm³/mol. The molecule has 0 aromatic rings. The lowest BCUT2D eigenvalue weighted by Gasteiger charge is -2.32. The van der Waals surface area contributed by atoms with Gasteiger partial charge in [-0.15, -0.1) is 23.5 Å². The number of thioether (sulfide) groups is 6. The van der Waals surface area contributed by atoms with Crippen LogP contribution in [0, 0.1) is 0 Å². The van der Waals surface area contributed by atoms with Crippen molar-refractivity contribution in [1.29, 1.82) is 0 Å². The van der Waals surface area contributed by atoms with Gasteiger partial charge < -0.3 is 9.47 Å². The number of ether oxygens (including phenoxy) is 2. The fourth-order valence-electron chi connectivity index (χ4n) is 3.26. The molecule has 4 aliphatic heterocycles. The Hall–Kier alpha value is 0.920. The Morgan fingerprint density at radius 1 is 0.583 bits per heavy atom. The second-order valence-corrected chi connectivity index (χ2v) is 13.7.